The van der Waals surface area contributed by atoms with E-state index in [0.29, 0.717) is 13.0 Å². The van der Waals surface area contributed by atoms with Gasteiger partial charge in [0.2, 0.25) is 12.7 Å². The summed E-state index contributed by atoms with van der Waals surface area (Å²) in [6.07, 6.45) is 1.42. The van der Waals surface area contributed by atoms with E-state index in [9.17, 15) is 4.79 Å². The lowest BCUT2D eigenvalue weighted by molar-refractivity contribution is -0.121. The molecule has 2 heterocycles. The second kappa shape index (κ2) is 9.18. The Kier molecular flexibility index (Phi) is 6.20. The van der Waals surface area contributed by atoms with Crippen LogP contribution in [0.2, 0.25) is 0 Å². The first-order chi connectivity index (χ1) is 14.2. The fraction of sp³-hybridized carbons (Fsp3) is 0.435. The van der Waals surface area contributed by atoms with E-state index in [4.69, 9.17) is 9.47 Å². The van der Waals surface area contributed by atoms with Crippen LogP contribution in [0.5, 0.6) is 11.5 Å². The first-order valence-electron chi connectivity index (χ1n) is 10.4. The summed E-state index contributed by atoms with van der Waals surface area (Å²) >= 11 is 0. The van der Waals surface area contributed by atoms with Crippen LogP contribution in [-0.4, -0.2) is 50.3 Å². The number of hydrogen-bond donors (Lipinski definition) is 1. The quantitative estimate of drug-likeness (QED) is 0.780. The van der Waals surface area contributed by atoms with Crippen LogP contribution in [0.4, 0.5) is 5.69 Å². The van der Waals surface area contributed by atoms with Gasteiger partial charge in [0.05, 0.1) is 6.04 Å². The molecule has 1 N–H and O–H groups in total. The number of rotatable bonds is 7. The van der Waals surface area contributed by atoms with E-state index in [1.54, 1.807) is 0 Å². The Balaban J connectivity index is 1.47. The van der Waals surface area contributed by atoms with Crippen LogP contribution in [0, 0.1) is 0 Å². The summed E-state index contributed by atoms with van der Waals surface area (Å²) in [6.45, 7) is 6.71. The number of fused-ring (bicyclic) bond motifs is 1. The average Bonchev–Trinajstić information content (AvgIpc) is 3.23. The molecule has 1 atom stereocenters. The highest BCUT2D eigenvalue weighted by molar-refractivity contribution is 5.75. The number of carbonyl (C=O) groups is 1. The lowest BCUT2D eigenvalue weighted by Gasteiger charge is -2.40. The highest BCUT2D eigenvalue weighted by atomic mass is 16.7. The van der Waals surface area contributed by atoms with E-state index >= 15 is 0 Å². The number of benzene rings is 2. The van der Waals surface area contributed by atoms with Gasteiger partial charge in [-0.1, -0.05) is 31.2 Å². The lowest BCUT2D eigenvalue weighted by Crippen LogP contribution is -2.49. The molecule has 2 aliphatic heterocycles. The van der Waals surface area contributed by atoms with E-state index in [-0.39, 0.29) is 18.7 Å². The van der Waals surface area contributed by atoms with Crippen LogP contribution in [-0.2, 0) is 4.79 Å². The standard InChI is InChI=1S/C23H29N3O3/c1-2-6-23(27)24-16-20(18-9-10-21-22(15-18)29-17-28-21)26-13-11-25(12-14-26)19-7-4-3-5-8-19/h3-5,7-10,15,20H,2,6,11-14,16-17H2,1H3,(H,24,27)/t20-/m0/s1. The molecule has 0 bridgehead atoms. The summed E-state index contributed by atoms with van der Waals surface area (Å²) < 4.78 is 11.0. The van der Waals surface area contributed by atoms with Crippen molar-refractivity contribution in [3.05, 3.63) is 54.1 Å². The van der Waals surface area contributed by atoms with Crippen molar-refractivity contribution in [1.82, 2.24) is 10.2 Å². The molecular formula is C23H29N3O3. The zero-order valence-corrected chi connectivity index (χ0v) is 17.0. The largest absolute Gasteiger partial charge is 0.454 e. The minimum Gasteiger partial charge on any atom is -0.454 e. The van der Waals surface area contributed by atoms with Crippen molar-refractivity contribution in [2.75, 3.05) is 44.4 Å². The van der Waals surface area contributed by atoms with Crippen LogP contribution in [0.1, 0.15) is 31.4 Å². The number of para-hydroxylation sites is 1. The molecule has 6 heteroatoms. The Hall–Kier alpha value is -2.73. The molecule has 2 aromatic carbocycles. The second-order valence-corrected chi connectivity index (χ2v) is 7.54. The number of piperazine rings is 1. The summed E-state index contributed by atoms with van der Waals surface area (Å²) in [6, 6.07) is 16.8. The molecule has 0 unspecified atom stereocenters. The van der Waals surface area contributed by atoms with Crippen molar-refractivity contribution in [2.24, 2.45) is 0 Å². The van der Waals surface area contributed by atoms with Crippen molar-refractivity contribution in [3.8, 4) is 11.5 Å². The molecular weight excluding hydrogens is 366 g/mol. The van der Waals surface area contributed by atoms with Crippen molar-refractivity contribution >= 4 is 11.6 Å². The summed E-state index contributed by atoms with van der Waals surface area (Å²) in [5, 5.41) is 3.12. The third kappa shape index (κ3) is 4.65. The molecule has 4 rings (SSSR count). The van der Waals surface area contributed by atoms with Gasteiger partial charge in [-0.15, -0.1) is 0 Å². The van der Waals surface area contributed by atoms with Gasteiger partial charge in [0.1, 0.15) is 0 Å². The van der Waals surface area contributed by atoms with Crippen LogP contribution < -0.4 is 19.7 Å². The Morgan fingerprint density at radius 2 is 1.79 bits per heavy atom. The predicted octanol–water partition coefficient (Wildman–Crippen LogP) is 3.19. The van der Waals surface area contributed by atoms with Gasteiger partial charge in [0.15, 0.2) is 11.5 Å². The monoisotopic (exact) mass is 395 g/mol. The minimum absolute atomic E-state index is 0.112. The zero-order valence-electron chi connectivity index (χ0n) is 17.0. The summed E-state index contributed by atoms with van der Waals surface area (Å²) in [5.41, 5.74) is 2.42. The molecule has 0 saturated carbocycles. The Morgan fingerprint density at radius 3 is 2.55 bits per heavy atom. The summed E-state index contributed by atoms with van der Waals surface area (Å²) in [7, 11) is 0. The van der Waals surface area contributed by atoms with Crippen molar-refractivity contribution in [2.45, 2.75) is 25.8 Å². The van der Waals surface area contributed by atoms with Crippen LogP contribution in [0.15, 0.2) is 48.5 Å². The van der Waals surface area contributed by atoms with Gasteiger partial charge in [0.25, 0.3) is 0 Å². The van der Waals surface area contributed by atoms with Crippen molar-refractivity contribution in [3.63, 3.8) is 0 Å². The number of hydrogen-bond acceptors (Lipinski definition) is 5. The third-order valence-electron chi connectivity index (χ3n) is 5.63. The highest BCUT2D eigenvalue weighted by Gasteiger charge is 2.27. The van der Waals surface area contributed by atoms with E-state index < -0.39 is 0 Å². The lowest BCUT2D eigenvalue weighted by atomic mass is 10.0. The van der Waals surface area contributed by atoms with E-state index in [2.05, 4.69) is 51.5 Å². The molecule has 154 valence electrons. The van der Waals surface area contributed by atoms with E-state index in [1.165, 1.54) is 5.69 Å². The predicted molar refractivity (Wildman–Crippen MR) is 113 cm³/mol. The molecule has 1 saturated heterocycles. The maximum atomic E-state index is 12.1. The summed E-state index contributed by atoms with van der Waals surface area (Å²) in [4.78, 5) is 17.0. The maximum absolute atomic E-state index is 12.1. The minimum atomic E-state index is 0.112. The molecule has 2 aliphatic rings. The molecule has 0 spiro atoms. The number of carbonyl (C=O) groups excluding carboxylic acids is 1. The molecule has 2 aromatic rings. The number of amides is 1. The second-order valence-electron chi connectivity index (χ2n) is 7.54. The van der Waals surface area contributed by atoms with Gasteiger partial charge in [-0.05, 0) is 36.2 Å². The Bertz CT molecular complexity index is 819. The maximum Gasteiger partial charge on any atom is 0.231 e. The molecule has 29 heavy (non-hydrogen) atoms. The first kappa shape index (κ1) is 19.6. The number of anilines is 1. The van der Waals surface area contributed by atoms with Crippen LogP contribution >= 0.6 is 0 Å². The van der Waals surface area contributed by atoms with E-state index in [1.807, 2.05) is 19.1 Å². The van der Waals surface area contributed by atoms with Crippen molar-refractivity contribution in [1.29, 1.82) is 0 Å². The fourth-order valence-electron chi connectivity index (χ4n) is 4.03. The molecule has 6 nitrogen and oxygen atoms in total. The molecule has 0 radical (unpaired) electrons. The smallest absolute Gasteiger partial charge is 0.231 e. The summed E-state index contributed by atoms with van der Waals surface area (Å²) in [5.74, 6) is 1.69. The topological polar surface area (TPSA) is 54.0 Å². The Labute approximate surface area is 172 Å². The molecule has 0 aliphatic carbocycles. The molecule has 0 aromatic heterocycles. The highest BCUT2D eigenvalue weighted by Crippen LogP contribution is 2.35. The SMILES string of the molecule is CCCC(=O)NC[C@@H](c1ccc2c(c1)OCO2)N1CCN(c2ccccc2)CC1. The third-order valence-corrected chi connectivity index (χ3v) is 5.63. The van der Waals surface area contributed by atoms with Crippen LogP contribution in [0.25, 0.3) is 0 Å². The van der Waals surface area contributed by atoms with Gasteiger partial charge >= 0.3 is 0 Å². The van der Waals surface area contributed by atoms with Gasteiger partial charge < -0.3 is 19.7 Å². The average molecular weight is 396 g/mol. The Morgan fingerprint density at radius 1 is 1.03 bits per heavy atom. The number of ether oxygens (including phenoxy) is 2. The van der Waals surface area contributed by atoms with Gasteiger partial charge in [-0.2, -0.15) is 0 Å². The van der Waals surface area contributed by atoms with E-state index in [0.717, 1.165) is 49.7 Å². The zero-order chi connectivity index (χ0) is 20.1. The van der Waals surface area contributed by atoms with Gasteiger partial charge in [-0.25, -0.2) is 0 Å². The molecule has 1 amide bonds. The molecule has 1 fully saturated rings. The fourth-order valence-corrected chi connectivity index (χ4v) is 4.03. The normalized spacial score (nSPS) is 17.2. The number of nitrogens with one attached hydrogen (secondary N) is 1. The number of nitrogens with zero attached hydrogens (tertiary/aromatic N) is 2. The van der Waals surface area contributed by atoms with Crippen molar-refractivity contribution < 1.29 is 14.3 Å². The van der Waals surface area contributed by atoms with Crippen LogP contribution in [0.3, 0.4) is 0 Å². The first-order valence-corrected chi connectivity index (χ1v) is 10.4. The van der Waals surface area contributed by atoms with Gasteiger partial charge in [-0.3, -0.25) is 9.69 Å². The van der Waals surface area contributed by atoms with Gasteiger partial charge in [0, 0.05) is 44.8 Å².